The fourth-order valence-electron chi connectivity index (χ4n) is 8.99. The monoisotopic (exact) mass is 744 g/mol. The number of nitrogens with zero attached hydrogens (tertiary/aromatic N) is 2. The Morgan fingerprint density at radius 3 is 1.67 bits per heavy atom. The van der Waals surface area contributed by atoms with Gasteiger partial charge in [-0.2, -0.15) is 0 Å². The summed E-state index contributed by atoms with van der Waals surface area (Å²) in [7, 11) is 0. The molecule has 0 saturated carbocycles. The minimum absolute atomic E-state index is 0.283. The highest BCUT2D eigenvalue weighted by Gasteiger charge is 2.42. The number of hydrogen-bond donors (Lipinski definition) is 0. The molecule has 2 aromatic heterocycles. The quantitative estimate of drug-likeness (QED) is 0.169. The molecule has 0 radical (unpaired) electrons. The minimum Gasteiger partial charge on any atom is -0.228 e. The summed E-state index contributed by atoms with van der Waals surface area (Å²) < 4.78 is 2.63. The lowest BCUT2D eigenvalue weighted by atomic mass is 9.72. The van der Waals surface area contributed by atoms with Gasteiger partial charge in [-0.1, -0.05) is 188 Å². The summed E-state index contributed by atoms with van der Waals surface area (Å²) in [5.74, 6) is 0.712. The van der Waals surface area contributed by atoms with Crippen molar-refractivity contribution in [2.45, 2.75) is 12.3 Å². The molecular formula is C54H36N2S. The van der Waals surface area contributed by atoms with E-state index in [4.69, 9.17) is 9.97 Å². The molecule has 1 aliphatic rings. The van der Waals surface area contributed by atoms with Crippen LogP contribution >= 0.6 is 11.3 Å². The highest BCUT2D eigenvalue weighted by atomic mass is 32.1. The highest BCUT2D eigenvalue weighted by Crippen LogP contribution is 2.55. The first kappa shape index (κ1) is 33.4. The first-order valence-corrected chi connectivity index (χ1v) is 20.3. The van der Waals surface area contributed by atoms with Crippen LogP contribution in [0, 0.1) is 0 Å². The normalized spacial score (nSPS) is 14.5. The minimum atomic E-state index is -0.283. The lowest BCUT2D eigenvalue weighted by molar-refractivity contribution is 0.716. The van der Waals surface area contributed by atoms with Crippen molar-refractivity contribution in [3.05, 3.63) is 217 Å². The second-order valence-electron chi connectivity index (χ2n) is 15.0. The van der Waals surface area contributed by atoms with Crippen LogP contribution in [-0.4, -0.2) is 9.97 Å². The Balaban J connectivity index is 0.988. The maximum Gasteiger partial charge on any atom is 0.160 e. The largest absolute Gasteiger partial charge is 0.228 e. The van der Waals surface area contributed by atoms with E-state index in [1.54, 1.807) is 0 Å². The van der Waals surface area contributed by atoms with E-state index in [1.165, 1.54) is 70.2 Å². The van der Waals surface area contributed by atoms with E-state index in [1.807, 2.05) is 29.5 Å². The first-order chi connectivity index (χ1) is 28.1. The van der Waals surface area contributed by atoms with Crippen LogP contribution in [0.5, 0.6) is 0 Å². The molecule has 0 bridgehead atoms. The van der Waals surface area contributed by atoms with Crippen LogP contribution in [0.3, 0.4) is 0 Å². The number of benzene rings is 8. The molecule has 0 aliphatic heterocycles. The van der Waals surface area contributed by atoms with Gasteiger partial charge in [-0.15, -0.1) is 11.3 Å². The lowest BCUT2D eigenvalue weighted by Crippen LogP contribution is -2.23. The Hall–Kier alpha value is -6.94. The summed E-state index contributed by atoms with van der Waals surface area (Å²) in [5.41, 5.74) is 16.1. The highest BCUT2D eigenvalue weighted by molar-refractivity contribution is 7.26. The average Bonchev–Trinajstić information content (AvgIpc) is 3.80. The van der Waals surface area contributed by atoms with Crippen molar-refractivity contribution < 1.29 is 0 Å². The van der Waals surface area contributed by atoms with Crippen LogP contribution in [-0.2, 0) is 5.41 Å². The third-order valence-corrected chi connectivity index (χ3v) is 13.0. The average molecular weight is 745 g/mol. The molecule has 268 valence electrons. The second kappa shape index (κ2) is 13.4. The maximum atomic E-state index is 5.16. The van der Waals surface area contributed by atoms with Gasteiger partial charge in [0, 0.05) is 42.3 Å². The van der Waals surface area contributed by atoms with Crippen molar-refractivity contribution in [2.75, 3.05) is 0 Å². The fourth-order valence-corrected chi connectivity index (χ4v) is 10.2. The molecule has 0 amide bonds. The van der Waals surface area contributed by atoms with E-state index in [2.05, 4.69) is 189 Å². The standard InChI is InChI=1S/C54H36N2S/c1-54(40-16-6-3-7-17-40)47-24-10-8-18-43(47)45-22-12-20-41(51(45)54)35-26-30-37(31-27-35)48-34-49(56-53(55-48)39-14-4-2-5-15-39)38-32-28-36(29-33-38)42-21-13-23-46-44-19-9-11-25-50(44)57-52(42)46/h2-34H,1H3. The molecule has 1 atom stereocenters. The summed E-state index contributed by atoms with van der Waals surface area (Å²) in [5, 5.41) is 2.62. The molecule has 3 heteroatoms. The van der Waals surface area contributed by atoms with Crippen molar-refractivity contribution in [1.29, 1.82) is 0 Å². The van der Waals surface area contributed by atoms with Crippen LogP contribution in [0.25, 0.3) is 87.5 Å². The van der Waals surface area contributed by atoms with E-state index in [-0.39, 0.29) is 5.41 Å². The molecule has 1 unspecified atom stereocenters. The van der Waals surface area contributed by atoms with E-state index >= 15 is 0 Å². The molecule has 8 aromatic carbocycles. The van der Waals surface area contributed by atoms with Crippen LogP contribution in [0.15, 0.2) is 200 Å². The summed E-state index contributed by atoms with van der Waals surface area (Å²) in [4.78, 5) is 10.3. The number of thiophene rings is 1. The molecule has 0 spiro atoms. The molecule has 11 rings (SSSR count). The van der Waals surface area contributed by atoms with Crippen molar-refractivity contribution in [3.63, 3.8) is 0 Å². The van der Waals surface area contributed by atoms with Gasteiger partial charge in [0.15, 0.2) is 5.82 Å². The SMILES string of the molecule is CC1(c2ccccc2)c2ccccc2-c2cccc(-c3ccc(-c4cc(-c5ccc(-c6cccc7c6sc6ccccc67)cc5)nc(-c5ccccc5)n4)cc3)c21. The molecule has 10 aromatic rings. The van der Waals surface area contributed by atoms with Gasteiger partial charge >= 0.3 is 0 Å². The van der Waals surface area contributed by atoms with Crippen LogP contribution < -0.4 is 0 Å². The number of fused-ring (bicyclic) bond motifs is 6. The van der Waals surface area contributed by atoms with E-state index in [9.17, 15) is 0 Å². The van der Waals surface area contributed by atoms with Gasteiger partial charge in [-0.3, -0.25) is 0 Å². The van der Waals surface area contributed by atoms with E-state index in [0.29, 0.717) is 5.82 Å². The molecule has 2 nitrogen and oxygen atoms in total. The van der Waals surface area contributed by atoms with Gasteiger partial charge < -0.3 is 0 Å². The van der Waals surface area contributed by atoms with Crippen molar-refractivity contribution in [1.82, 2.24) is 9.97 Å². The summed E-state index contributed by atoms with van der Waals surface area (Å²) in [6.45, 7) is 2.38. The Bertz CT molecular complexity index is 3110. The topological polar surface area (TPSA) is 25.8 Å². The zero-order chi connectivity index (χ0) is 37.9. The predicted octanol–water partition coefficient (Wildman–Crippen LogP) is 14.5. The third-order valence-electron chi connectivity index (χ3n) is 11.8. The third kappa shape index (κ3) is 5.46. The Morgan fingerprint density at radius 1 is 0.404 bits per heavy atom. The van der Waals surface area contributed by atoms with Gasteiger partial charge in [0.05, 0.1) is 11.4 Å². The van der Waals surface area contributed by atoms with E-state index in [0.717, 1.165) is 28.1 Å². The molecule has 57 heavy (non-hydrogen) atoms. The smallest absolute Gasteiger partial charge is 0.160 e. The fraction of sp³-hybridized carbons (Fsp3) is 0.0370. The molecule has 2 heterocycles. The van der Waals surface area contributed by atoms with Gasteiger partial charge in [-0.05, 0) is 69.1 Å². The Labute approximate surface area is 336 Å². The van der Waals surface area contributed by atoms with E-state index < -0.39 is 0 Å². The zero-order valence-corrected chi connectivity index (χ0v) is 32.2. The number of aromatic nitrogens is 2. The van der Waals surface area contributed by atoms with Crippen molar-refractivity contribution in [3.8, 4) is 67.3 Å². The molecule has 1 aliphatic carbocycles. The van der Waals surface area contributed by atoms with Gasteiger partial charge in [0.25, 0.3) is 0 Å². The summed E-state index contributed by atoms with van der Waals surface area (Å²) >= 11 is 1.86. The second-order valence-corrected chi connectivity index (χ2v) is 16.1. The predicted molar refractivity (Wildman–Crippen MR) is 240 cm³/mol. The lowest BCUT2D eigenvalue weighted by Gasteiger charge is -2.30. The van der Waals surface area contributed by atoms with Gasteiger partial charge in [0.2, 0.25) is 0 Å². The van der Waals surface area contributed by atoms with Crippen molar-refractivity contribution in [2.24, 2.45) is 0 Å². The Kier molecular flexibility index (Phi) is 7.84. The molecule has 0 N–H and O–H groups in total. The number of hydrogen-bond acceptors (Lipinski definition) is 3. The van der Waals surface area contributed by atoms with Gasteiger partial charge in [-0.25, -0.2) is 9.97 Å². The van der Waals surface area contributed by atoms with Crippen LogP contribution in [0.4, 0.5) is 0 Å². The molecular weight excluding hydrogens is 709 g/mol. The summed E-state index contributed by atoms with van der Waals surface area (Å²) in [6, 6.07) is 72.1. The summed E-state index contributed by atoms with van der Waals surface area (Å²) in [6.07, 6.45) is 0. The molecule has 0 fully saturated rings. The zero-order valence-electron chi connectivity index (χ0n) is 31.4. The van der Waals surface area contributed by atoms with Crippen LogP contribution in [0.1, 0.15) is 23.6 Å². The van der Waals surface area contributed by atoms with Gasteiger partial charge in [0.1, 0.15) is 0 Å². The van der Waals surface area contributed by atoms with Crippen LogP contribution in [0.2, 0.25) is 0 Å². The molecule has 0 saturated heterocycles. The Morgan fingerprint density at radius 2 is 0.930 bits per heavy atom. The first-order valence-electron chi connectivity index (χ1n) is 19.5. The maximum absolute atomic E-state index is 5.16. The van der Waals surface area contributed by atoms with Crippen molar-refractivity contribution >= 4 is 31.5 Å². The number of rotatable bonds is 6.